The van der Waals surface area contributed by atoms with Gasteiger partial charge in [-0.05, 0) is 80.6 Å². The van der Waals surface area contributed by atoms with E-state index in [-0.39, 0.29) is 11.3 Å². The van der Waals surface area contributed by atoms with Gasteiger partial charge in [-0.3, -0.25) is 0 Å². The van der Waals surface area contributed by atoms with Gasteiger partial charge >= 0.3 is 0 Å². The third kappa shape index (κ3) is 7.98. The van der Waals surface area contributed by atoms with Crippen LogP contribution in [0.25, 0.3) is 11.3 Å². The SMILES string of the molecule is CCCCc1sc(C(C)(C)C)nc1-c1ccc(OCCCCCOc2ccc(C(N)=NO)cc2)cc1. The molecular weight excluding hydrogens is 470 g/mol. The van der Waals surface area contributed by atoms with Gasteiger partial charge in [0.1, 0.15) is 11.5 Å². The molecule has 0 amide bonds. The Balaban J connectivity index is 1.42. The zero-order valence-electron chi connectivity index (χ0n) is 21.9. The van der Waals surface area contributed by atoms with Crippen molar-refractivity contribution in [2.75, 3.05) is 13.2 Å². The number of rotatable bonds is 13. The summed E-state index contributed by atoms with van der Waals surface area (Å²) in [5.74, 6) is 1.75. The van der Waals surface area contributed by atoms with Crippen molar-refractivity contribution < 1.29 is 14.7 Å². The Morgan fingerprint density at radius 2 is 1.50 bits per heavy atom. The molecule has 2 aromatic carbocycles. The number of oxime groups is 1. The van der Waals surface area contributed by atoms with Gasteiger partial charge in [0.25, 0.3) is 0 Å². The molecule has 0 spiro atoms. The summed E-state index contributed by atoms with van der Waals surface area (Å²) in [5.41, 5.74) is 8.59. The van der Waals surface area contributed by atoms with E-state index < -0.39 is 0 Å². The lowest BCUT2D eigenvalue weighted by Crippen LogP contribution is -2.12. The first-order valence-corrected chi connectivity index (χ1v) is 13.6. The van der Waals surface area contributed by atoms with Crippen LogP contribution in [0, 0.1) is 0 Å². The largest absolute Gasteiger partial charge is 0.494 e. The fourth-order valence-corrected chi connectivity index (χ4v) is 4.84. The molecule has 0 aliphatic carbocycles. The summed E-state index contributed by atoms with van der Waals surface area (Å²) in [5, 5.41) is 12.9. The van der Waals surface area contributed by atoms with Crippen molar-refractivity contribution in [2.24, 2.45) is 10.9 Å². The second-order valence-corrected chi connectivity index (χ2v) is 11.0. The van der Waals surface area contributed by atoms with Crippen LogP contribution in [0.4, 0.5) is 0 Å². The summed E-state index contributed by atoms with van der Waals surface area (Å²) in [6.07, 6.45) is 6.40. The van der Waals surface area contributed by atoms with Crippen LogP contribution >= 0.6 is 11.3 Å². The predicted molar refractivity (Wildman–Crippen MR) is 149 cm³/mol. The average Bonchev–Trinajstić information content (AvgIpc) is 3.32. The van der Waals surface area contributed by atoms with E-state index in [0.717, 1.165) is 48.4 Å². The van der Waals surface area contributed by atoms with Crippen LogP contribution < -0.4 is 15.2 Å². The molecule has 0 aliphatic heterocycles. The minimum Gasteiger partial charge on any atom is -0.494 e. The van der Waals surface area contributed by atoms with Crippen LogP contribution in [-0.2, 0) is 11.8 Å². The molecule has 0 bridgehead atoms. The Labute approximate surface area is 219 Å². The number of aromatic nitrogens is 1. The molecule has 7 heteroatoms. The first-order chi connectivity index (χ1) is 17.3. The Kier molecular flexibility index (Phi) is 10.2. The number of nitrogens with zero attached hydrogens (tertiary/aromatic N) is 2. The van der Waals surface area contributed by atoms with Crippen LogP contribution in [0.2, 0.25) is 0 Å². The molecule has 1 heterocycles. The number of aryl methyl sites for hydroxylation is 1. The Hall–Kier alpha value is -3.06. The molecule has 0 radical (unpaired) electrons. The van der Waals surface area contributed by atoms with E-state index in [1.165, 1.54) is 22.7 Å². The smallest absolute Gasteiger partial charge is 0.170 e. The molecule has 6 nitrogen and oxygen atoms in total. The monoisotopic (exact) mass is 509 g/mol. The van der Waals surface area contributed by atoms with Gasteiger partial charge in [0.15, 0.2) is 5.84 Å². The van der Waals surface area contributed by atoms with Gasteiger partial charge in [0, 0.05) is 21.4 Å². The summed E-state index contributed by atoms with van der Waals surface area (Å²) in [7, 11) is 0. The van der Waals surface area contributed by atoms with E-state index in [1.807, 2.05) is 23.5 Å². The van der Waals surface area contributed by atoms with Crippen molar-refractivity contribution in [1.29, 1.82) is 0 Å². The fourth-order valence-electron chi connectivity index (χ4n) is 3.65. The van der Waals surface area contributed by atoms with Gasteiger partial charge in [-0.15, -0.1) is 11.3 Å². The van der Waals surface area contributed by atoms with Gasteiger partial charge in [0.2, 0.25) is 0 Å². The Bertz CT molecular complexity index is 1100. The average molecular weight is 510 g/mol. The molecule has 0 saturated heterocycles. The van der Waals surface area contributed by atoms with E-state index in [1.54, 1.807) is 12.1 Å². The number of amidine groups is 1. The number of thiazole rings is 1. The van der Waals surface area contributed by atoms with E-state index in [9.17, 15) is 0 Å². The van der Waals surface area contributed by atoms with Crippen LogP contribution in [0.1, 0.15) is 75.2 Å². The van der Waals surface area contributed by atoms with Gasteiger partial charge in [-0.25, -0.2) is 4.98 Å². The maximum atomic E-state index is 8.71. The lowest BCUT2D eigenvalue weighted by molar-refractivity contribution is 0.279. The van der Waals surface area contributed by atoms with Crippen LogP contribution in [0.15, 0.2) is 53.7 Å². The van der Waals surface area contributed by atoms with E-state index >= 15 is 0 Å². The molecule has 1 aromatic heterocycles. The van der Waals surface area contributed by atoms with Gasteiger partial charge in [0.05, 0.1) is 23.9 Å². The van der Waals surface area contributed by atoms with Crippen molar-refractivity contribution >= 4 is 17.2 Å². The van der Waals surface area contributed by atoms with Crippen molar-refractivity contribution in [2.45, 2.75) is 71.6 Å². The standard InChI is InChI=1S/C29H39N3O3S/c1-5-6-10-25-26(31-28(36-25)29(2,3)4)21-11-15-23(16-12-21)34-19-8-7-9-20-35-24-17-13-22(14-18-24)27(30)32-33/h11-18,33H,5-10,19-20H2,1-4H3,(H2,30,32). The number of ether oxygens (including phenoxy) is 2. The fraction of sp³-hybridized carbons (Fsp3) is 0.448. The Morgan fingerprint density at radius 3 is 2.03 bits per heavy atom. The number of nitrogens with two attached hydrogens (primary N) is 1. The Morgan fingerprint density at radius 1 is 0.917 bits per heavy atom. The maximum Gasteiger partial charge on any atom is 0.170 e. The zero-order chi connectivity index (χ0) is 26.0. The van der Waals surface area contributed by atoms with E-state index in [0.29, 0.717) is 18.8 Å². The van der Waals surface area contributed by atoms with Gasteiger partial charge < -0.3 is 20.4 Å². The highest BCUT2D eigenvalue weighted by Gasteiger charge is 2.22. The first kappa shape index (κ1) is 27.5. The lowest BCUT2D eigenvalue weighted by atomic mass is 9.98. The van der Waals surface area contributed by atoms with Gasteiger partial charge in [-0.1, -0.05) is 39.3 Å². The first-order valence-electron chi connectivity index (χ1n) is 12.8. The topological polar surface area (TPSA) is 90.0 Å². The summed E-state index contributed by atoms with van der Waals surface area (Å²) in [6, 6.07) is 15.6. The van der Waals surface area contributed by atoms with Crippen molar-refractivity contribution in [3.63, 3.8) is 0 Å². The zero-order valence-corrected chi connectivity index (χ0v) is 22.7. The molecule has 0 atom stereocenters. The number of hydrogen-bond donors (Lipinski definition) is 2. The highest BCUT2D eigenvalue weighted by atomic mass is 32.1. The summed E-state index contributed by atoms with van der Waals surface area (Å²) < 4.78 is 11.7. The van der Waals surface area contributed by atoms with E-state index in [4.69, 9.17) is 25.4 Å². The normalized spacial score (nSPS) is 12.1. The number of benzene rings is 2. The molecule has 36 heavy (non-hydrogen) atoms. The highest BCUT2D eigenvalue weighted by Crippen LogP contribution is 2.36. The molecule has 3 rings (SSSR count). The van der Waals surface area contributed by atoms with Crippen molar-refractivity contribution in [1.82, 2.24) is 4.98 Å². The molecule has 194 valence electrons. The van der Waals surface area contributed by atoms with Crippen LogP contribution in [-0.4, -0.2) is 29.2 Å². The van der Waals surface area contributed by atoms with Crippen LogP contribution in [0.3, 0.4) is 0 Å². The molecular formula is C29H39N3O3S. The second kappa shape index (κ2) is 13.3. The summed E-state index contributed by atoms with van der Waals surface area (Å²) in [6.45, 7) is 10.2. The van der Waals surface area contributed by atoms with E-state index in [2.05, 4.69) is 57.1 Å². The summed E-state index contributed by atoms with van der Waals surface area (Å²) >= 11 is 1.86. The van der Waals surface area contributed by atoms with Gasteiger partial charge in [-0.2, -0.15) is 0 Å². The minimum absolute atomic E-state index is 0.0623. The highest BCUT2D eigenvalue weighted by molar-refractivity contribution is 7.12. The quantitative estimate of drug-likeness (QED) is 0.0838. The minimum atomic E-state index is 0.0623. The third-order valence-corrected chi connectivity index (χ3v) is 7.35. The molecule has 0 unspecified atom stereocenters. The molecule has 3 aromatic rings. The summed E-state index contributed by atoms with van der Waals surface area (Å²) in [4.78, 5) is 6.41. The molecule has 0 fully saturated rings. The molecule has 0 saturated carbocycles. The number of unbranched alkanes of at least 4 members (excludes halogenated alkanes) is 3. The van der Waals surface area contributed by atoms with Crippen molar-refractivity contribution in [3.8, 4) is 22.8 Å². The predicted octanol–water partition coefficient (Wildman–Crippen LogP) is 7.17. The third-order valence-electron chi connectivity index (χ3n) is 5.81. The molecule has 3 N–H and O–H groups in total. The lowest BCUT2D eigenvalue weighted by Gasteiger charge is -2.13. The van der Waals surface area contributed by atoms with Crippen LogP contribution in [0.5, 0.6) is 11.5 Å². The van der Waals surface area contributed by atoms with Crippen molar-refractivity contribution in [3.05, 3.63) is 64.0 Å². The maximum absolute atomic E-state index is 8.71. The second-order valence-electron chi connectivity index (χ2n) is 9.94. The number of hydrogen-bond acceptors (Lipinski definition) is 6. The molecule has 0 aliphatic rings.